The summed E-state index contributed by atoms with van der Waals surface area (Å²) in [5.41, 5.74) is 12.2. The number of phosphoric acid groups is 2. The van der Waals surface area contributed by atoms with Crippen LogP contribution in [0.15, 0.2) is 51.2 Å². The number of benzene rings is 3. The molecule has 0 radical (unpaired) electrons. The average molecular weight is 1250 g/mol. The number of aliphatic hydroxyl groups is 1. The molecule has 5 aromatic rings. The van der Waals surface area contributed by atoms with E-state index < -0.39 is 89.4 Å². The summed E-state index contributed by atoms with van der Waals surface area (Å²) in [4.78, 5) is 74.6. The highest BCUT2D eigenvalue weighted by atomic mass is 32.2. The van der Waals surface area contributed by atoms with E-state index in [9.17, 15) is 54.9 Å². The number of H-pyrrole nitrogens is 1. The molecule has 0 aliphatic carbocycles. The third-order valence-electron chi connectivity index (χ3n) is 15.8. The van der Waals surface area contributed by atoms with Crippen LogP contribution in [0.5, 0.6) is 11.5 Å². The predicted molar refractivity (Wildman–Crippen MR) is 296 cm³/mol. The van der Waals surface area contributed by atoms with Crippen molar-refractivity contribution in [1.82, 2.24) is 34.5 Å². The van der Waals surface area contributed by atoms with E-state index in [4.69, 9.17) is 29.7 Å². The van der Waals surface area contributed by atoms with E-state index in [0.717, 1.165) is 117 Å². The first-order chi connectivity index (χ1) is 39.9. The molecule has 1 saturated heterocycles. The number of unbranched alkanes of at least 4 members (excludes halogenated alkanes) is 2. The van der Waals surface area contributed by atoms with Crippen LogP contribution in [-0.2, 0) is 85.1 Å². The van der Waals surface area contributed by atoms with Gasteiger partial charge in [0.25, 0.3) is 21.6 Å². The van der Waals surface area contributed by atoms with Crippen molar-refractivity contribution in [3.63, 3.8) is 0 Å². The number of sulfonamides is 1. The van der Waals surface area contributed by atoms with Gasteiger partial charge in [0.15, 0.2) is 12.4 Å². The van der Waals surface area contributed by atoms with Gasteiger partial charge in [-0.3, -0.25) is 28.2 Å². The highest BCUT2D eigenvalue weighted by Gasteiger charge is 2.51. The molecule has 2 amide bonds. The number of aliphatic hydroxyl groups excluding tert-OH is 1. The lowest BCUT2D eigenvalue weighted by Gasteiger charge is -2.39. The van der Waals surface area contributed by atoms with E-state index in [1.807, 2.05) is 0 Å². The fourth-order valence-corrected chi connectivity index (χ4v) is 15.9. The van der Waals surface area contributed by atoms with Crippen molar-refractivity contribution < 1.29 is 87.5 Å². The first-order valence-electron chi connectivity index (χ1n) is 27.4. The van der Waals surface area contributed by atoms with Gasteiger partial charge in [-0.2, -0.15) is 12.7 Å². The maximum atomic E-state index is 14.7. The lowest BCUT2D eigenvalue weighted by atomic mass is 9.82. The molecule has 452 valence electrons. The van der Waals surface area contributed by atoms with E-state index in [2.05, 4.69) is 55.8 Å². The van der Waals surface area contributed by atoms with E-state index >= 15 is 0 Å². The number of carbonyl (C=O) groups excluding carboxylic acids is 2. The molecule has 11 N–H and O–H groups in total. The van der Waals surface area contributed by atoms with Crippen molar-refractivity contribution in [3.05, 3.63) is 91.0 Å². The summed E-state index contributed by atoms with van der Waals surface area (Å²) in [5, 5.41) is 18.2. The van der Waals surface area contributed by atoms with E-state index in [1.54, 1.807) is 0 Å². The molecule has 0 bridgehead atoms. The van der Waals surface area contributed by atoms with Crippen LogP contribution in [0.4, 0.5) is 16.4 Å². The molecule has 29 nitrogen and oxygen atoms in total. The number of hydrogen-bond acceptors (Lipinski definition) is 18. The van der Waals surface area contributed by atoms with E-state index in [-0.39, 0.29) is 60.0 Å². The molecule has 1 unspecified atom stereocenters. The van der Waals surface area contributed by atoms with E-state index in [0.29, 0.717) is 29.9 Å². The zero-order valence-electron chi connectivity index (χ0n) is 45.4. The second-order valence-corrected chi connectivity index (χ2v) is 27.5. The van der Waals surface area contributed by atoms with Crippen LogP contribution in [0.2, 0.25) is 0 Å². The molecule has 84 heavy (non-hydrogen) atoms. The van der Waals surface area contributed by atoms with Gasteiger partial charge in [-0.25, -0.2) is 36.2 Å². The molecule has 33 heteroatoms. The molecule has 0 saturated carbocycles. The summed E-state index contributed by atoms with van der Waals surface area (Å²) in [6.45, 7) is 2.33. The summed E-state index contributed by atoms with van der Waals surface area (Å²) in [5.74, 6) is 0.650. The lowest BCUT2D eigenvalue weighted by molar-refractivity contribution is -0.745. The van der Waals surface area contributed by atoms with Crippen molar-refractivity contribution in [3.8, 4) is 11.5 Å². The normalized spacial score (nSPS) is 20.8. The molecule has 6 aliphatic heterocycles. The SMILES string of the molecule is Cn1c[n+]([C@@H]2O[C@H](COP(=O)(O)OP(=O)(O)O)[C@@H](O)[C@H]2OC(=O)NCCNC(=O)CCCCCNS(=O)(=O)c2cc(S(=O)(=O)O)ccc2C2=c3cc4c5c(c3Oc3c2cc2c6c3CCCN6CCC2)CCC[N+]=5CCC4)c2nc(N)[nH]c(=O)c21. The first kappa shape index (κ1) is 59.5. The number of aryl methyl sites for hydroxylation is 3. The standard InChI is InChI=1S/C51H62N10O19P2S2/c1-58-27-61(47-42(58)48(64)57-50(52)56-47)49-46(43(63)36(77-49)26-76-82(69,70)80-81(66,67)68)79-51(65)54-18-17-53-38(62)13-3-2-4-16-55-83(71,72)37-25-30(84(73,74)75)14-15-31(37)39-34-23-28-9-5-19-59-21-7-11-32(40(28)59)44(34)78-45-33-12-8-22-60-20-6-10-29(41(33)60)24-35(39)45/h14-15,23-25,27,36,43,46,49,55,63H,2-13,16-22,26H2,1H3,(H7-2,52,53,54,56,57,62,64,65,66,67,68,69,70,73,74,75)/p+2/t36-,43-,46-,49-/m1/s1. The van der Waals surface area contributed by atoms with Gasteiger partial charge in [-0.05, 0) is 81.2 Å². The molecule has 2 aromatic heterocycles. The predicted octanol–water partition coefficient (Wildman–Crippen LogP) is 0.0478. The van der Waals surface area contributed by atoms with Gasteiger partial charge in [0.1, 0.15) is 36.8 Å². The van der Waals surface area contributed by atoms with Gasteiger partial charge >= 0.3 is 27.4 Å². The number of rotatable bonds is 20. The van der Waals surface area contributed by atoms with Gasteiger partial charge in [0, 0.05) is 90.7 Å². The number of nitrogens with zero attached hydrogens (tertiary/aromatic N) is 5. The maximum Gasteiger partial charge on any atom is 0.481 e. The smallest absolute Gasteiger partial charge is 0.455 e. The van der Waals surface area contributed by atoms with Crippen LogP contribution < -0.4 is 56.0 Å². The summed E-state index contributed by atoms with van der Waals surface area (Å²) in [6, 6.07) is 7.91. The number of aromatic amines is 1. The Morgan fingerprint density at radius 3 is 2.39 bits per heavy atom. The van der Waals surface area contributed by atoms with E-state index in [1.165, 1.54) is 45.7 Å². The number of carbonyl (C=O) groups is 2. The Hall–Kier alpha value is -6.18. The molecule has 0 spiro atoms. The van der Waals surface area contributed by atoms with Gasteiger partial charge in [-0.1, -0.05) is 17.5 Å². The van der Waals surface area contributed by atoms with Crippen LogP contribution in [-0.4, -0.2) is 138 Å². The fraction of sp³-hybridized carbons (Fsp3) is 0.490. The topological polar surface area (TPSA) is 407 Å². The Bertz CT molecular complexity index is 4060. The van der Waals surface area contributed by atoms with Gasteiger partial charge in [0.2, 0.25) is 33.0 Å². The van der Waals surface area contributed by atoms with Crippen LogP contribution in [0.1, 0.15) is 91.0 Å². The summed E-state index contributed by atoms with van der Waals surface area (Å²) < 4.78 is 123. The minimum atomic E-state index is -5.51. The molecule has 8 heterocycles. The van der Waals surface area contributed by atoms with Crippen molar-refractivity contribution in [2.45, 2.75) is 111 Å². The van der Waals surface area contributed by atoms with Crippen LogP contribution in [0.3, 0.4) is 0 Å². The first-order valence-corrected chi connectivity index (χ1v) is 33.4. The third kappa shape index (κ3) is 12.0. The molecule has 1 fully saturated rings. The molecular formula is C51H64N10O19P2S2+2. The Morgan fingerprint density at radius 1 is 0.905 bits per heavy atom. The van der Waals surface area contributed by atoms with Gasteiger partial charge in [-0.15, -0.1) is 0 Å². The van der Waals surface area contributed by atoms with Crippen LogP contribution in [0, 0.1) is 0 Å². The van der Waals surface area contributed by atoms with Crippen LogP contribution in [0.25, 0.3) is 16.7 Å². The lowest BCUT2D eigenvalue weighted by Crippen LogP contribution is -2.49. The number of phosphoric ester groups is 1. The number of hydrogen-bond donors (Lipinski definition) is 10. The number of anilines is 2. The number of nitrogens with one attached hydrogen (secondary N) is 4. The molecule has 3 aromatic carbocycles. The molecular weight excluding hydrogens is 1180 g/mol. The maximum absolute atomic E-state index is 14.7. The number of ether oxygens (including phenoxy) is 3. The zero-order chi connectivity index (χ0) is 59.6. The van der Waals surface area contributed by atoms with Gasteiger partial charge in [0.05, 0.1) is 29.0 Å². The Labute approximate surface area is 480 Å². The van der Waals surface area contributed by atoms with Crippen LogP contribution >= 0.6 is 15.6 Å². The quantitative estimate of drug-likeness (QED) is 0.0209. The number of nitrogen functional groups attached to an aromatic ring is 1. The molecule has 5 atom stereocenters. The third-order valence-corrected chi connectivity index (χ3v) is 20.3. The second-order valence-electron chi connectivity index (χ2n) is 21.5. The minimum Gasteiger partial charge on any atom is -0.455 e. The summed E-state index contributed by atoms with van der Waals surface area (Å²) >= 11 is 0. The Morgan fingerprint density at radius 2 is 1.63 bits per heavy atom. The van der Waals surface area contributed by atoms with Crippen molar-refractivity contribution in [2.24, 2.45) is 7.05 Å². The van der Waals surface area contributed by atoms with Gasteiger partial charge < -0.3 is 55.3 Å². The number of imidazole rings is 1. The van der Waals surface area contributed by atoms with Crippen molar-refractivity contribution >= 4 is 76.2 Å². The molecule has 11 rings (SSSR count). The summed E-state index contributed by atoms with van der Waals surface area (Å²) in [6.07, 6.45) is 1.52. The van der Waals surface area contributed by atoms with Crippen molar-refractivity contribution in [2.75, 3.05) is 63.1 Å². The van der Waals surface area contributed by atoms with Crippen molar-refractivity contribution in [1.29, 1.82) is 0 Å². The number of nitrogens with two attached hydrogens (primary N) is 1. The Balaban J connectivity index is 0.738. The second kappa shape index (κ2) is 23.2. The molecule has 6 aliphatic rings. The number of amides is 2. The summed E-state index contributed by atoms with van der Waals surface area (Å²) in [7, 11) is -18.8. The average Bonchev–Trinajstić information content (AvgIpc) is 2.57. The number of fused-ring (bicyclic) bond motifs is 5. The Kier molecular flexibility index (Phi) is 16.5. The number of alkyl carbamates (subject to hydrolysis) is 1. The highest BCUT2D eigenvalue weighted by Crippen LogP contribution is 2.58. The number of aromatic nitrogens is 4. The highest BCUT2D eigenvalue weighted by molar-refractivity contribution is 7.89. The minimum absolute atomic E-state index is 0.0176. The zero-order valence-corrected chi connectivity index (χ0v) is 48.8. The monoisotopic (exact) mass is 1250 g/mol. The largest absolute Gasteiger partial charge is 0.481 e. The fourth-order valence-electron chi connectivity index (χ4n) is 12.4.